The number of carboxylic acid groups (broad SMARTS) is 1. The number of aromatic carboxylic acids is 1. The van der Waals surface area contributed by atoms with Gasteiger partial charge < -0.3 is 23.6 Å². The lowest BCUT2D eigenvalue weighted by Gasteiger charge is -2.24. The fourth-order valence-corrected chi connectivity index (χ4v) is 4.27. The summed E-state index contributed by atoms with van der Waals surface area (Å²) in [5.74, 6) is 0.994. The Kier molecular flexibility index (Phi) is 8.14. The van der Waals surface area contributed by atoms with Crippen LogP contribution in [0.15, 0.2) is 63.9 Å². The zero-order chi connectivity index (χ0) is 26.5. The number of rotatable bonds is 7. The number of carboxylic acids is 1. The third-order valence-corrected chi connectivity index (χ3v) is 5.90. The standard InChI is InChI=1S/C26H23NO6.C4H10/c1-31-9-4-10-32-24-11-16-7-8-27-15-20(26(29)30)22(28)14-21(27)18(16)13-19(24)25-12-17-5-2-3-6-23(17)33-25;1-4(2)3/h2-3,5-6,11-15H,4,7-10H2,1H3,(H,29,30);4H,1-3H3. The molecule has 7 heteroatoms. The molecular formula is C30H33NO6. The summed E-state index contributed by atoms with van der Waals surface area (Å²) in [6.07, 6.45) is 2.88. The number of hydrogen-bond donors (Lipinski definition) is 1. The number of furan rings is 1. The van der Waals surface area contributed by atoms with Crippen molar-refractivity contribution >= 4 is 16.9 Å². The second-order valence-corrected chi connectivity index (χ2v) is 9.77. The monoisotopic (exact) mass is 503 g/mol. The Balaban J connectivity index is 0.000000747. The third kappa shape index (κ3) is 5.94. The molecule has 0 spiro atoms. The number of carbonyl (C=O) groups is 1. The first-order chi connectivity index (χ1) is 17.8. The number of aryl methyl sites for hydroxylation is 2. The molecule has 0 atom stereocenters. The van der Waals surface area contributed by atoms with Gasteiger partial charge in [-0.1, -0.05) is 39.0 Å². The van der Waals surface area contributed by atoms with E-state index in [0.717, 1.165) is 40.0 Å². The molecule has 2 aromatic carbocycles. The van der Waals surface area contributed by atoms with E-state index in [-0.39, 0.29) is 5.56 Å². The molecule has 1 aliphatic rings. The fraction of sp³-hybridized carbons (Fsp3) is 0.333. The molecule has 5 rings (SSSR count). The van der Waals surface area contributed by atoms with E-state index in [1.807, 2.05) is 47.0 Å². The lowest BCUT2D eigenvalue weighted by molar-refractivity contribution is 0.0694. The quantitative estimate of drug-likeness (QED) is 0.299. The summed E-state index contributed by atoms with van der Waals surface area (Å²) in [5, 5.41) is 10.3. The van der Waals surface area contributed by atoms with Crippen LogP contribution in [0, 0.1) is 5.92 Å². The third-order valence-electron chi connectivity index (χ3n) is 5.90. The van der Waals surface area contributed by atoms with Gasteiger partial charge in [-0.15, -0.1) is 0 Å². The highest BCUT2D eigenvalue weighted by molar-refractivity contribution is 5.89. The van der Waals surface area contributed by atoms with Crippen LogP contribution in [0.4, 0.5) is 0 Å². The van der Waals surface area contributed by atoms with Gasteiger partial charge in [0.05, 0.1) is 17.9 Å². The summed E-state index contributed by atoms with van der Waals surface area (Å²) in [6, 6.07) is 15.1. The van der Waals surface area contributed by atoms with Crippen LogP contribution in [0.2, 0.25) is 0 Å². The molecule has 2 aromatic heterocycles. The Morgan fingerprint density at radius 3 is 2.54 bits per heavy atom. The van der Waals surface area contributed by atoms with Gasteiger partial charge in [0, 0.05) is 49.9 Å². The Bertz CT molecular complexity index is 1430. The van der Waals surface area contributed by atoms with Crippen molar-refractivity contribution in [2.75, 3.05) is 20.3 Å². The smallest absolute Gasteiger partial charge is 0.341 e. The maximum atomic E-state index is 12.4. The van der Waals surface area contributed by atoms with Crippen molar-refractivity contribution in [3.05, 3.63) is 76.1 Å². The molecule has 0 amide bonds. The molecule has 3 heterocycles. The van der Waals surface area contributed by atoms with Crippen LogP contribution in [0.3, 0.4) is 0 Å². The minimum absolute atomic E-state index is 0.224. The maximum absolute atomic E-state index is 12.4. The largest absolute Gasteiger partial charge is 0.493 e. The first-order valence-electron chi connectivity index (χ1n) is 12.5. The maximum Gasteiger partial charge on any atom is 0.341 e. The van der Waals surface area contributed by atoms with Crippen molar-refractivity contribution < 1.29 is 23.8 Å². The molecule has 37 heavy (non-hydrogen) atoms. The minimum Gasteiger partial charge on any atom is -0.493 e. The lowest BCUT2D eigenvalue weighted by Crippen LogP contribution is -2.22. The van der Waals surface area contributed by atoms with E-state index in [1.165, 1.54) is 12.3 Å². The molecule has 0 bridgehead atoms. The van der Waals surface area contributed by atoms with Gasteiger partial charge in [-0.05, 0) is 42.2 Å². The molecule has 0 saturated carbocycles. The van der Waals surface area contributed by atoms with E-state index in [4.69, 9.17) is 13.9 Å². The lowest BCUT2D eigenvalue weighted by atomic mass is 9.93. The van der Waals surface area contributed by atoms with Crippen molar-refractivity contribution in [3.63, 3.8) is 0 Å². The number of benzene rings is 2. The zero-order valence-electron chi connectivity index (χ0n) is 21.7. The number of methoxy groups -OCH3 is 1. The number of ether oxygens (including phenoxy) is 2. The summed E-state index contributed by atoms with van der Waals surface area (Å²) in [7, 11) is 1.66. The summed E-state index contributed by atoms with van der Waals surface area (Å²) < 4.78 is 19.2. The van der Waals surface area contributed by atoms with E-state index in [9.17, 15) is 14.7 Å². The normalized spacial score (nSPS) is 12.0. The first-order valence-corrected chi connectivity index (χ1v) is 12.5. The van der Waals surface area contributed by atoms with E-state index in [2.05, 4.69) is 20.8 Å². The summed E-state index contributed by atoms with van der Waals surface area (Å²) in [4.78, 5) is 23.9. The number of para-hydroxylation sites is 1. The van der Waals surface area contributed by atoms with Crippen LogP contribution >= 0.6 is 0 Å². The zero-order valence-corrected chi connectivity index (χ0v) is 21.7. The molecule has 4 aromatic rings. The molecule has 0 fully saturated rings. The van der Waals surface area contributed by atoms with Gasteiger partial charge in [-0.3, -0.25) is 4.79 Å². The number of pyridine rings is 1. The second kappa shape index (κ2) is 11.5. The molecule has 194 valence electrons. The van der Waals surface area contributed by atoms with Crippen LogP contribution in [0.1, 0.15) is 43.1 Å². The first kappa shape index (κ1) is 26.2. The SMILES string of the molecule is CC(C)C.COCCCOc1cc2c(cc1-c1cc3ccccc3o1)-c1cc(=O)c(C(=O)O)cn1CC2. The Morgan fingerprint density at radius 2 is 1.84 bits per heavy atom. The van der Waals surface area contributed by atoms with Crippen molar-refractivity contribution in [2.24, 2.45) is 5.92 Å². The minimum atomic E-state index is -1.22. The highest BCUT2D eigenvalue weighted by Gasteiger charge is 2.23. The van der Waals surface area contributed by atoms with Crippen LogP contribution in [0.25, 0.3) is 33.6 Å². The Hall–Kier alpha value is -3.84. The van der Waals surface area contributed by atoms with Crippen LogP contribution in [-0.2, 0) is 17.7 Å². The van der Waals surface area contributed by atoms with Crippen LogP contribution in [0.5, 0.6) is 5.75 Å². The summed E-state index contributed by atoms with van der Waals surface area (Å²) in [6.45, 7) is 8.18. The summed E-state index contributed by atoms with van der Waals surface area (Å²) >= 11 is 0. The fourth-order valence-electron chi connectivity index (χ4n) is 4.27. The van der Waals surface area contributed by atoms with Gasteiger partial charge in [0.25, 0.3) is 0 Å². The van der Waals surface area contributed by atoms with Gasteiger partial charge in [-0.25, -0.2) is 4.79 Å². The number of fused-ring (bicyclic) bond motifs is 4. The van der Waals surface area contributed by atoms with Crippen molar-refractivity contribution in [2.45, 2.75) is 40.2 Å². The van der Waals surface area contributed by atoms with Crippen molar-refractivity contribution in [1.82, 2.24) is 4.57 Å². The number of aromatic nitrogens is 1. The van der Waals surface area contributed by atoms with Gasteiger partial charge in [0.1, 0.15) is 22.7 Å². The molecule has 1 aliphatic heterocycles. The average molecular weight is 504 g/mol. The predicted octanol–water partition coefficient (Wildman–Crippen LogP) is 6.26. The molecule has 7 nitrogen and oxygen atoms in total. The van der Waals surface area contributed by atoms with Crippen LogP contribution < -0.4 is 10.2 Å². The Morgan fingerprint density at radius 1 is 1.08 bits per heavy atom. The number of nitrogens with zero attached hydrogens (tertiary/aromatic N) is 1. The highest BCUT2D eigenvalue weighted by atomic mass is 16.5. The predicted molar refractivity (Wildman–Crippen MR) is 145 cm³/mol. The van der Waals surface area contributed by atoms with Gasteiger partial charge >= 0.3 is 5.97 Å². The molecule has 0 unspecified atom stereocenters. The highest BCUT2D eigenvalue weighted by Crippen LogP contribution is 2.41. The molecule has 0 saturated heterocycles. The average Bonchev–Trinajstić information content (AvgIpc) is 3.29. The van der Waals surface area contributed by atoms with Crippen molar-refractivity contribution in [3.8, 4) is 28.3 Å². The van der Waals surface area contributed by atoms with Crippen molar-refractivity contribution in [1.29, 1.82) is 0 Å². The van der Waals surface area contributed by atoms with E-state index in [0.29, 0.717) is 43.4 Å². The van der Waals surface area contributed by atoms with E-state index in [1.54, 1.807) is 7.11 Å². The number of hydrogen-bond acceptors (Lipinski definition) is 5. The van der Waals surface area contributed by atoms with E-state index < -0.39 is 11.4 Å². The molecule has 1 N–H and O–H groups in total. The Labute approximate surface area is 216 Å². The van der Waals surface area contributed by atoms with Gasteiger partial charge in [0.2, 0.25) is 0 Å². The molecule has 0 aliphatic carbocycles. The molecule has 0 radical (unpaired) electrons. The molecular weight excluding hydrogens is 470 g/mol. The second-order valence-electron chi connectivity index (χ2n) is 9.77. The van der Waals surface area contributed by atoms with E-state index >= 15 is 0 Å². The summed E-state index contributed by atoms with van der Waals surface area (Å²) in [5.41, 5.74) is 3.43. The van der Waals surface area contributed by atoms with Gasteiger partial charge in [0.15, 0.2) is 5.43 Å². The van der Waals surface area contributed by atoms with Crippen LogP contribution in [-0.4, -0.2) is 36.0 Å². The topological polar surface area (TPSA) is 90.9 Å². The van der Waals surface area contributed by atoms with Gasteiger partial charge in [-0.2, -0.15) is 0 Å².